The number of aliphatic hydroxyl groups is 1. The average molecular weight is 228 g/mol. The smallest absolute Gasteiger partial charge is 0.228 e. The van der Waals surface area contributed by atoms with Crippen LogP contribution < -0.4 is 0 Å². The lowest BCUT2D eigenvalue weighted by molar-refractivity contribution is -0.137. The largest absolute Gasteiger partial charge is 0.395 e. The van der Waals surface area contributed by atoms with Gasteiger partial charge in [0, 0.05) is 39.3 Å². The van der Waals surface area contributed by atoms with Gasteiger partial charge in [-0.25, -0.2) is 0 Å². The molecule has 2 fully saturated rings. The second-order valence-corrected chi connectivity index (χ2v) is 4.45. The Hall–Kier alpha value is -0.650. The fourth-order valence-electron chi connectivity index (χ4n) is 2.32. The van der Waals surface area contributed by atoms with E-state index in [0.717, 1.165) is 39.2 Å². The number of β-amino-alcohol motifs (C(OH)–C–C–N with tert-alkyl or cyclic N) is 1. The fraction of sp³-hybridized carbons (Fsp3) is 0.909. The molecular formula is C11H20N2O3. The number of rotatable bonds is 3. The molecule has 1 amide bonds. The van der Waals surface area contributed by atoms with Crippen LogP contribution in [0.2, 0.25) is 0 Å². The van der Waals surface area contributed by atoms with E-state index in [1.807, 2.05) is 4.90 Å². The Labute approximate surface area is 96.0 Å². The van der Waals surface area contributed by atoms with Crippen LogP contribution in [0.1, 0.15) is 6.42 Å². The van der Waals surface area contributed by atoms with Crippen LogP contribution in [-0.4, -0.2) is 73.4 Å². The van der Waals surface area contributed by atoms with Crippen LogP contribution in [-0.2, 0) is 9.53 Å². The molecule has 0 aromatic heterocycles. The van der Waals surface area contributed by atoms with Gasteiger partial charge in [-0.1, -0.05) is 0 Å². The second-order valence-electron chi connectivity index (χ2n) is 4.45. The quantitative estimate of drug-likeness (QED) is 0.684. The predicted molar refractivity (Wildman–Crippen MR) is 59.0 cm³/mol. The maximum atomic E-state index is 12.0. The van der Waals surface area contributed by atoms with E-state index in [2.05, 4.69) is 4.90 Å². The molecule has 0 aromatic rings. The third kappa shape index (κ3) is 2.72. The molecule has 0 radical (unpaired) electrons. The van der Waals surface area contributed by atoms with Gasteiger partial charge in [-0.15, -0.1) is 0 Å². The summed E-state index contributed by atoms with van der Waals surface area (Å²) in [5, 5.41) is 8.83. The minimum atomic E-state index is 0.0874. The van der Waals surface area contributed by atoms with E-state index in [0.29, 0.717) is 13.2 Å². The van der Waals surface area contributed by atoms with E-state index in [1.165, 1.54) is 0 Å². The summed E-state index contributed by atoms with van der Waals surface area (Å²) in [6.07, 6.45) is 0.871. The SMILES string of the molecule is O=C([C@H]1CCOC1)N1CCN(CCO)CC1. The van der Waals surface area contributed by atoms with E-state index < -0.39 is 0 Å². The molecule has 0 spiro atoms. The molecule has 1 atom stereocenters. The topological polar surface area (TPSA) is 53.0 Å². The molecule has 16 heavy (non-hydrogen) atoms. The van der Waals surface area contributed by atoms with Crippen molar-refractivity contribution in [3.63, 3.8) is 0 Å². The molecule has 2 aliphatic rings. The van der Waals surface area contributed by atoms with Gasteiger partial charge >= 0.3 is 0 Å². The van der Waals surface area contributed by atoms with Crippen LogP contribution >= 0.6 is 0 Å². The zero-order valence-corrected chi connectivity index (χ0v) is 9.60. The van der Waals surface area contributed by atoms with Crippen LogP contribution in [0.15, 0.2) is 0 Å². The molecule has 2 aliphatic heterocycles. The van der Waals surface area contributed by atoms with Crippen LogP contribution in [0, 0.1) is 5.92 Å². The molecule has 0 aliphatic carbocycles. The Morgan fingerprint density at radius 1 is 1.31 bits per heavy atom. The highest BCUT2D eigenvalue weighted by molar-refractivity contribution is 5.79. The predicted octanol–water partition coefficient (Wildman–Crippen LogP) is -0.841. The minimum Gasteiger partial charge on any atom is -0.395 e. The van der Waals surface area contributed by atoms with Crippen molar-refractivity contribution in [2.24, 2.45) is 5.92 Å². The number of amides is 1. The van der Waals surface area contributed by atoms with E-state index in [4.69, 9.17) is 9.84 Å². The summed E-state index contributed by atoms with van der Waals surface area (Å²) >= 11 is 0. The minimum absolute atomic E-state index is 0.0874. The number of hydrogen-bond donors (Lipinski definition) is 1. The number of piperazine rings is 1. The number of carbonyl (C=O) groups is 1. The summed E-state index contributed by atoms with van der Waals surface area (Å²) in [6, 6.07) is 0. The van der Waals surface area contributed by atoms with Crippen molar-refractivity contribution in [2.75, 3.05) is 52.5 Å². The molecule has 2 saturated heterocycles. The summed E-state index contributed by atoms with van der Waals surface area (Å²) < 4.78 is 5.24. The molecule has 0 aromatic carbocycles. The van der Waals surface area contributed by atoms with Crippen molar-refractivity contribution in [1.29, 1.82) is 0 Å². The van der Waals surface area contributed by atoms with Gasteiger partial charge in [-0.05, 0) is 6.42 Å². The van der Waals surface area contributed by atoms with Gasteiger partial charge in [0.05, 0.1) is 19.1 Å². The summed E-state index contributed by atoms with van der Waals surface area (Å²) in [4.78, 5) is 16.2. The first-order valence-electron chi connectivity index (χ1n) is 6.01. The van der Waals surface area contributed by atoms with E-state index in [9.17, 15) is 4.79 Å². The van der Waals surface area contributed by atoms with Gasteiger partial charge in [0.25, 0.3) is 0 Å². The standard InChI is InChI=1S/C11H20N2O3/c14-7-6-12-2-4-13(5-3-12)11(15)10-1-8-16-9-10/h10,14H,1-9H2/t10-/m0/s1. The highest BCUT2D eigenvalue weighted by Crippen LogP contribution is 2.16. The highest BCUT2D eigenvalue weighted by atomic mass is 16.5. The van der Waals surface area contributed by atoms with Crippen molar-refractivity contribution >= 4 is 5.91 Å². The molecule has 0 unspecified atom stereocenters. The van der Waals surface area contributed by atoms with Crippen LogP contribution in [0.25, 0.3) is 0 Å². The van der Waals surface area contributed by atoms with Crippen molar-refractivity contribution in [3.8, 4) is 0 Å². The lowest BCUT2D eigenvalue weighted by Crippen LogP contribution is -2.50. The molecule has 92 valence electrons. The van der Waals surface area contributed by atoms with Gasteiger partial charge in [0.15, 0.2) is 0 Å². The zero-order valence-electron chi connectivity index (χ0n) is 9.60. The number of ether oxygens (including phenoxy) is 1. The molecule has 2 rings (SSSR count). The van der Waals surface area contributed by atoms with Crippen LogP contribution in [0.4, 0.5) is 0 Å². The fourth-order valence-corrected chi connectivity index (χ4v) is 2.32. The monoisotopic (exact) mass is 228 g/mol. The number of aliphatic hydroxyl groups excluding tert-OH is 1. The first kappa shape index (κ1) is 11.8. The maximum Gasteiger partial charge on any atom is 0.228 e. The van der Waals surface area contributed by atoms with Gasteiger partial charge < -0.3 is 14.7 Å². The van der Waals surface area contributed by atoms with Crippen molar-refractivity contribution in [2.45, 2.75) is 6.42 Å². The lowest BCUT2D eigenvalue weighted by atomic mass is 10.1. The third-order valence-electron chi connectivity index (χ3n) is 3.38. The average Bonchev–Trinajstić information content (AvgIpc) is 2.83. The third-order valence-corrected chi connectivity index (χ3v) is 3.38. The molecule has 2 heterocycles. The summed E-state index contributed by atoms with van der Waals surface area (Å²) in [5.41, 5.74) is 0. The Morgan fingerprint density at radius 3 is 2.62 bits per heavy atom. The molecule has 5 nitrogen and oxygen atoms in total. The van der Waals surface area contributed by atoms with E-state index in [1.54, 1.807) is 0 Å². The Morgan fingerprint density at radius 2 is 2.06 bits per heavy atom. The zero-order chi connectivity index (χ0) is 11.4. The molecule has 5 heteroatoms. The second kappa shape index (κ2) is 5.61. The van der Waals surface area contributed by atoms with Crippen molar-refractivity contribution in [3.05, 3.63) is 0 Å². The Kier molecular flexibility index (Phi) is 4.15. The number of nitrogens with zero attached hydrogens (tertiary/aromatic N) is 2. The van der Waals surface area contributed by atoms with Crippen LogP contribution in [0.5, 0.6) is 0 Å². The van der Waals surface area contributed by atoms with Gasteiger partial charge in [0.2, 0.25) is 5.91 Å². The van der Waals surface area contributed by atoms with Gasteiger partial charge in [-0.2, -0.15) is 0 Å². The molecule has 0 saturated carbocycles. The first-order chi connectivity index (χ1) is 7.81. The number of hydrogen-bond acceptors (Lipinski definition) is 4. The summed E-state index contributed by atoms with van der Waals surface area (Å²) in [7, 11) is 0. The first-order valence-corrected chi connectivity index (χ1v) is 6.01. The lowest BCUT2D eigenvalue weighted by Gasteiger charge is -2.35. The van der Waals surface area contributed by atoms with Gasteiger partial charge in [-0.3, -0.25) is 9.69 Å². The Bertz CT molecular complexity index is 233. The molecule has 0 bridgehead atoms. The van der Waals surface area contributed by atoms with E-state index >= 15 is 0 Å². The van der Waals surface area contributed by atoms with Crippen molar-refractivity contribution < 1.29 is 14.6 Å². The molecule has 1 N–H and O–H groups in total. The Balaban J connectivity index is 1.77. The van der Waals surface area contributed by atoms with Gasteiger partial charge in [0.1, 0.15) is 0 Å². The molecular weight excluding hydrogens is 208 g/mol. The number of carbonyl (C=O) groups excluding carboxylic acids is 1. The normalized spacial score (nSPS) is 27.3. The van der Waals surface area contributed by atoms with E-state index in [-0.39, 0.29) is 18.4 Å². The maximum absolute atomic E-state index is 12.0. The van der Waals surface area contributed by atoms with Crippen LogP contribution in [0.3, 0.4) is 0 Å². The highest BCUT2D eigenvalue weighted by Gasteiger charge is 2.29. The summed E-state index contributed by atoms with van der Waals surface area (Å²) in [6.45, 7) is 5.56. The summed E-state index contributed by atoms with van der Waals surface area (Å²) in [5.74, 6) is 0.338. The van der Waals surface area contributed by atoms with Crippen molar-refractivity contribution in [1.82, 2.24) is 9.80 Å².